The van der Waals surface area contributed by atoms with Crippen LogP contribution in [0, 0.1) is 0 Å². The molecule has 0 bridgehead atoms. The molecule has 2 unspecified atom stereocenters. The average Bonchev–Trinajstić information content (AvgIpc) is 2.56. The zero-order valence-corrected chi connectivity index (χ0v) is 14.8. The fourth-order valence-corrected chi connectivity index (χ4v) is 2.85. The van der Waals surface area contributed by atoms with Crippen LogP contribution < -0.4 is 5.32 Å². The molecule has 0 aromatic heterocycles. The zero-order valence-electron chi connectivity index (χ0n) is 12.5. The number of hydrogen-bond acceptors (Lipinski definition) is 3. The summed E-state index contributed by atoms with van der Waals surface area (Å²) in [4.78, 5) is 25.7. The lowest BCUT2D eigenvalue weighted by Gasteiger charge is -2.36. The third-order valence-electron chi connectivity index (χ3n) is 3.63. The largest absolute Gasteiger partial charge is 0.372 e. The average molecular weight is 380 g/mol. The number of amides is 2. The second-order valence-electron chi connectivity index (χ2n) is 5.25. The van der Waals surface area contributed by atoms with E-state index in [9.17, 15) is 9.59 Å². The van der Waals surface area contributed by atoms with Crippen LogP contribution in [0.15, 0.2) is 18.2 Å². The molecule has 1 fully saturated rings. The van der Waals surface area contributed by atoms with E-state index in [0.717, 1.165) is 0 Å². The quantitative estimate of drug-likeness (QED) is 0.818. The first-order valence-electron chi connectivity index (χ1n) is 7.14. The minimum atomic E-state index is -0.308. The molecule has 0 radical (unpaired) electrons. The first-order chi connectivity index (χ1) is 10.9. The first kappa shape index (κ1) is 18.3. The Morgan fingerprint density at radius 2 is 2.17 bits per heavy atom. The van der Waals surface area contributed by atoms with E-state index < -0.39 is 0 Å². The van der Waals surface area contributed by atoms with Gasteiger partial charge in [0.2, 0.25) is 5.91 Å². The van der Waals surface area contributed by atoms with Crippen molar-refractivity contribution in [2.75, 3.05) is 25.6 Å². The monoisotopic (exact) mass is 378 g/mol. The van der Waals surface area contributed by atoms with Gasteiger partial charge < -0.3 is 15.0 Å². The van der Waals surface area contributed by atoms with E-state index >= 15 is 0 Å². The van der Waals surface area contributed by atoms with Crippen molar-refractivity contribution >= 4 is 46.6 Å². The molecule has 1 aliphatic rings. The lowest BCUT2D eigenvalue weighted by atomic mass is 10.1. The molecule has 0 spiro atoms. The summed E-state index contributed by atoms with van der Waals surface area (Å²) in [6, 6.07) is 4.70. The summed E-state index contributed by atoms with van der Waals surface area (Å²) in [6.07, 6.45) is -0.308. The maximum atomic E-state index is 12.6. The van der Waals surface area contributed by atoms with Crippen molar-refractivity contribution in [2.45, 2.75) is 19.1 Å². The predicted molar refractivity (Wildman–Crippen MR) is 90.4 cm³/mol. The third-order valence-corrected chi connectivity index (χ3v) is 4.69. The van der Waals surface area contributed by atoms with E-state index in [1.54, 1.807) is 23.1 Å². The number of rotatable bonds is 4. The van der Waals surface area contributed by atoms with Gasteiger partial charge in [0, 0.05) is 13.1 Å². The van der Waals surface area contributed by atoms with Crippen molar-refractivity contribution in [1.82, 2.24) is 10.2 Å². The van der Waals surface area contributed by atoms with Crippen molar-refractivity contribution in [2.24, 2.45) is 0 Å². The van der Waals surface area contributed by atoms with E-state index in [1.165, 1.54) is 0 Å². The van der Waals surface area contributed by atoms with E-state index in [4.69, 9.17) is 39.5 Å². The Kier molecular flexibility index (Phi) is 6.53. The number of carbonyl (C=O) groups is 2. The Morgan fingerprint density at radius 3 is 2.87 bits per heavy atom. The molecule has 1 heterocycles. The molecule has 1 saturated heterocycles. The second kappa shape index (κ2) is 8.20. The molecule has 2 amide bonds. The number of hydrogen-bond donors (Lipinski definition) is 1. The van der Waals surface area contributed by atoms with Crippen molar-refractivity contribution in [3.05, 3.63) is 33.8 Å². The number of halogens is 3. The smallest absolute Gasteiger partial charge is 0.255 e. The molecule has 8 heteroatoms. The van der Waals surface area contributed by atoms with Crippen LogP contribution in [0.3, 0.4) is 0 Å². The number of ether oxygens (including phenoxy) is 1. The van der Waals surface area contributed by atoms with Crippen LogP contribution in [-0.4, -0.2) is 54.4 Å². The minimum Gasteiger partial charge on any atom is -0.372 e. The number of nitrogens with zero attached hydrogens (tertiary/aromatic N) is 1. The Labute approximate surface area is 149 Å². The Hall–Kier alpha value is -1.01. The molecule has 1 aliphatic heterocycles. The van der Waals surface area contributed by atoms with E-state index in [-0.39, 0.29) is 34.9 Å². The van der Waals surface area contributed by atoms with E-state index in [0.29, 0.717) is 30.3 Å². The van der Waals surface area contributed by atoms with Gasteiger partial charge in [-0.3, -0.25) is 9.59 Å². The van der Waals surface area contributed by atoms with Crippen LogP contribution in [-0.2, 0) is 9.53 Å². The Balaban J connectivity index is 2.07. The highest BCUT2D eigenvalue weighted by atomic mass is 35.5. The van der Waals surface area contributed by atoms with Crippen molar-refractivity contribution in [3.63, 3.8) is 0 Å². The predicted octanol–water partition coefficient (Wildman–Crippen LogP) is 2.58. The topological polar surface area (TPSA) is 58.6 Å². The Morgan fingerprint density at radius 1 is 1.43 bits per heavy atom. The van der Waals surface area contributed by atoms with Gasteiger partial charge in [-0.1, -0.05) is 29.3 Å². The SMILES string of the molecule is CC(NC(=O)CCl)C1CN(C(=O)c2cccc(Cl)c2Cl)CCO1. The summed E-state index contributed by atoms with van der Waals surface area (Å²) in [7, 11) is 0. The minimum absolute atomic E-state index is 0.113. The van der Waals surface area contributed by atoms with Crippen molar-refractivity contribution < 1.29 is 14.3 Å². The highest BCUT2D eigenvalue weighted by molar-refractivity contribution is 6.43. The Bertz CT molecular complexity index is 597. The van der Waals surface area contributed by atoms with Crippen LogP contribution in [0.5, 0.6) is 0 Å². The van der Waals surface area contributed by atoms with Crippen LogP contribution in [0.1, 0.15) is 17.3 Å². The maximum Gasteiger partial charge on any atom is 0.255 e. The molecule has 126 valence electrons. The van der Waals surface area contributed by atoms with Crippen LogP contribution in [0.25, 0.3) is 0 Å². The lowest BCUT2D eigenvalue weighted by Crippen LogP contribution is -2.53. The highest BCUT2D eigenvalue weighted by Gasteiger charge is 2.30. The van der Waals surface area contributed by atoms with Gasteiger partial charge in [-0.2, -0.15) is 0 Å². The number of carbonyl (C=O) groups excluding carboxylic acids is 2. The molecule has 0 aliphatic carbocycles. The molecule has 2 rings (SSSR count). The van der Waals surface area contributed by atoms with Gasteiger partial charge in [-0.15, -0.1) is 11.6 Å². The van der Waals surface area contributed by atoms with Gasteiger partial charge in [0.15, 0.2) is 0 Å². The van der Waals surface area contributed by atoms with Gasteiger partial charge in [0.1, 0.15) is 5.88 Å². The summed E-state index contributed by atoms with van der Waals surface area (Å²) in [5.74, 6) is -0.594. The summed E-state index contributed by atoms with van der Waals surface area (Å²) in [5.41, 5.74) is 0.359. The first-order valence-corrected chi connectivity index (χ1v) is 8.43. The third kappa shape index (κ3) is 4.51. The highest BCUT2D eigenvalue weighted by Crippen LogP contribution is 2.27. The molecule has 5 nitrogen and oxygen atoms in total. The second-order valence-corrected chi connectivity index (χ2v) is 6.30. The van der Waals surface area contributed by atoms with Gasteiger partial charge in [0.25, 0.3) is 5.91 Å². The van der Waals surface area contributed by atoms with E-state index in [1.807, 2.05) is 6.92 Å². The summed E-state index contributed by atoms with van der Waals surface area (Å²) in [6.45, 7) is 3.00. The van der Waals surface area contributed by atoms with Gasteiger partial charge >= 0.3 is 0 Å². The zero-order chi connectivity index (χ0) is 17.0. The summed E-state index contributed by atoms with van der Waals surface area (Å²) >= 11 is 17.6. The summed E-state index contributed by atoms with van der Waals surface area (Å²) < 4.78 is 5.64. The van der Waals surface area contributed by atoms with Gasteiger partial charge in [-0.05, 0) is 19.1 Å². The fraction of sp³-hybridized carbons (Fsp3) is 0.467. The van der Waals surface area contributed by atoms with Crippen LogP contribution in [0.2, 0.25) is 10.0 Å². The van der Waals surface area contributed by atoms with Crippen molar-refractivity contribution in [3.8, 4) is 0 Å². The van der Waals surface area contributed by atoms with Gasteiger partial charge in [-0.25, -0.2) is 0 Å². The molecule has 0 saturated carbocycles. The molecular weight excluding hydrogens is 363 g/mol. The van der Waals surface area contributed by atoms with Crippen LogP contribution >= 0.6 is 34.8 Å². The van der Waals surface area contributed by atoms with Gasteiger partial charge in [0.05, 0.1) is 34.4 Å². The van der Waals surface area contributed by atoms with E-state index in [2.05, 4.69) is 5.32 Å². The normalized spacial score (nSPS) is 19.3. The number of nitrogens with one attached hydrogen (secondary N) is 1. The molecule has 1 aromatic rings. The molecule has 23 heavy (non-hydrogen) atoms. The summed E-state index contributed by atoms with van der Waals surface area (Å²) in [5, 5.41) is 3.32. The molecular formula is C15H17Cl3N2O3. The molecule has 1 aromatic carbocycles. The molecule has 1 N–H and O–H groups in total. The molecule has 2 atom stereocenters. The number of benzene rings is 1. The standard InChI is InChI=1S/C15H17Cl3N2O3/c1-9(19-13(21)7-16)12-8-20(5-6-23-12)15(22)10-3-2-4-11(17)14(10)18/h2-4,9,12H,5-8H2,1H3,(H,19,21). The van der Waals surface area contributed by atoms with Crippen molar-refractivity contribution in [1.29, 1.82) is 0 Å². The maximum absolute atomic E-state index is 12.6. The number of morpholine rings is 1. The number of alkyl halides is 1. The lowest BCUT2D eigenvalue weighted by molar-refractivity contribution is -0.121. The fourth-order valence-electron chi connectivity index (χ4n) is 2.39. The van der Waals surface area contributed by atoms with Crippen LogP contribution in [0.4, 0.5) is 0 Å².